The summed E-state index contributed by atoms with van der Waals surface area (Å²) in [5.41, 5.74) is 2.92. The molecular formula is C19H25NO2S. The largest absolute Gasteiger partial charge is 0.280 e. The van der Waals surface area contributed by atoms with Crippen molar-refractivity contribution >= 4 is 15.7 Å². The van der Waals surface area contributed by atoms with Gasteiger partial charge < -0.3 is 0 Å². The lowest BCUT2D eigenvalue weighted by atomic mass is 10.0. The van der Waals surface area contributed by atoms with Gasteiger partial charge in [-0.25, -0.2) is 8.42 Å². The second kappa shape index (κ2) is 7.18. The summed E-state index contributed by atoms with van der Waals surface area (Å²) >= 11 is 0. The fourth-order valence-corrected chi connectivity index (χ4v) is 3.48. The van der Waals surface area contributed by atoms with Crippen LogP contribution in [-0.2, 0) is 16.4 Å². The Morgan fingerprint density at radius 1 is 0.870 bits per heavy atom. The summed E-state index contributed by atoms with van der Waals surface area (Å²) in [6.45, 7) is 8.51. The predicted molar refractivity (Wildman–Crippen MR) is 96.3 cm³/mol. The molecule has 0 aliphatic carbocycles. The molecule has 0 aliphatic heterocycles. The van der Waals surface area contributed by atoms with E-state index in [1.807, 2.05) is 24.3 Å². The Labute approximate surface area is 139 Å². The van der Waals surface area contributed by atoms with Gasteiger partial charge in [0.15, 0.2) is 0 Å². The van der Waals surface area contributed by atoms with Crippen molar-refractivity contribution in [1.82, 2.24) is 0 Å². The van der Waals surface area contributed by atoms with Gasteiger partial charge in [0.1, 0.15) is 0 Å². The highest BCUT2D eigenvalue weighted by Crippen LogP contribution is 2.20. The molecule has 0 bridgehead atoms. The first kappa shape index (κ1) is 17.5. The SMILES string of the molecule is CC(C)Cc1ccc(S(=O)(=O)Nc2ccc(C(C)C)cc2)cc1. The summed E-state index contributed by atoms with van der Waals surface area (Å²) in [4.78, 5) is 0.290. The maximum absolute atomic E-state index is 12.4. The normalized spacial score (nSPS) is 11.9. The molecule has 0 heterocycles. The highest BCUT2D eigenvalue weighted by atomic mass is 32.2. The molecule has 2 aromatic rings. The van der Waals surface area contributed by atoms with Crippen molar-refractivity contribution in [3.63, 3.8) is 0 Å². The lowest BCUT2D eigenvalue weighted by Crippen LogP contribution is -2.13. The van der Waals surface area contributed by atoms with Gasteiger partial charge in [-0.3, -0.25) is 4.72 Å². The number of nitrogens with one attached hydrogen (secondary N) is 1. The standard InChI is InChI=1S/C19H25NO2S/c1-14(2)13-16-5-11-19(12-6-16)23(21,22)20-18-9-7-17(8-10-18)15(3)4/h5-12,14-15,20H,13H2,1-4H3. The Hall–Kier alpha value is -1.81. The fourth-order valence-electron chi connectivity index (χ4n) is 2.43. The monoisotopic (exact) mass is 331 g/mol. The second-order valence-electron chi connectivity index (χ2n) is 6.62. The van der Waals surface area contributed by atoms with Crippen LogP contribution in [0.1, 0.15) is 44.7 Å². The molecule has 0 saturated carbocycles. The Balaban J connectivity index is 2.14. The van der Waals surface area contributed by atoms with Gasteiger partial charge >= 0.3 is 0 Å². The van der Waals surface area contributed by atoms with E-state index in [4.69, 9.17) is 0 Å². The minimum absolute atomic E-state index is 0.290. The van der Waals surface area contributed by atoms with Crippen molar-refractivity contribution in [1.29, 1.82) is 0 Å². The van der Waals surface area contributed by atoms with Gasteiger partial charge in [0.05, 0.1) is 4.90 Å². The molecule has 0 atom stereocenters. The fraction of sp³-hybridized carbons (Fsp3) is 0.368. The lowest BCUT2D eigenvalue weighted by Gasteiger charge is -2.11. The third kappa shape index (κ3) is 4.83. The van der Waals surface area contributed by atoms with Crippen LogP contribution in [-0.4, -0.2) is 8.42 Å². The van der Waals surface area contributed by atoms with E-state index < -0.39 is 10.0 Å². The van der Waals surface area contributed by atoms with E-state index >= 15 is 0 Å². The van der Waals surface area contributed by atoms with Crippen molar-refractivity contribution in [2.75, 3.05) is 4.72 Å². The topological polar surface area (TPSA) is 46.2 Å². The Morgan fingerprint density at radius 2 is 1.43 bits per heavy atom. The highest BCUT2D eigenvalue weighted by Gasteiger charge is 2.14. The van der Waals surface area contributed by atoms with Crippen molar-refractivity contribution in [2.24, 2.45) is 5.92 Å². The van der Waals surface area contributed by atoms with Crippen LogP contribution in [0, 0.1) is 5.92 Å². The first-order valence-corrected chi connectivity index (χ1v) is 9.48. The van der Waals surface area contributed by atoms with Crippen molar-refractivity contribution in [2.45, 2.75) is 44.9 Å². The van der Waals surface area contributed by atoms with Crippen LogP contribution in [0.2, 0.25) is 0 Å². The number of hydrogen-bond donors (Lipinski definition) is 1. The molecule has 1 N–H and O–H groups in total. The van der Waals surface area contributed by atoms with Gasteiger partial charge in [0, 0.05) is 5.69 Å². The molecule has 0 saturated heterocycles. The summed E-state index contributed by atoms with van der Waals surface area (Å²) in [5, 5.41) is 0. The van der Waals surface area contributed by atoms with Crippen LogP contribution < -0.4 is 4.72 Å². The van der Waals surface area contributed by atoms with Crippen molar-refractivity contribution < 1.29 is 8.42 Å². The molecule has 4 heteroatoms. The molecule has 0 radical (unpaired) electrons. The van der Waals surface area contributed by atoms with Gasteiger partial charge in [-0.2, -0.15) is 0 Å². The Morgan fingerprint density at radius 3 is 1.91 bits per heavy atom. The molecule has 0 aliphatic rings. The Kier molecular flexibility index (Phi) is 5.47. The zero-order valence-electron chi connectivity index (χ0n) is 14.2. The molecule has 0 amide bonds. The molecule has 2 rings (SSSR count). The number of benzene rings is 2. The summed E-state index contributed by atoms with van der Waals surface area (Å²) in [6, 6.07) is 14.6. The van der Waals surface area contributed by atoms with E-state index in [-0.39, 0.29) is 4.90 Å². The zero-order valence-corrected chi connectivity index (χ0v) is 15.0. The van der Waals surface area contributed by atoms with E-state index in [1.165, 1.54) is 5.56 Å². The minimum Gasteiger partial charge on any atom is -0.280 e. The van der Waals surface area contributed by atoms with Gasteiger partial charge in [-0.05, 0) is 53.6 Å². The predicted octanol–water partition coefficient (Wildman–Crippen LogP) is 4.81. The van der Waals surface area contributed by atoms with E-state index in [0.717, 1.165) is 12.0 Å². The van der Waals surface area contributed by atoms with Crippen molar-refractivity contribution in [3.05, 3.63) is 59.7 Å². The average molecular weight is 331 g/mol. The van der Waals surface area contributed by atoms with Crippen LogP contribution >= 0.6 is 0 Å². The van der Waals surface area contributed by atoms with E-state index in [1.54, 1.807) is 24.3 Å². The first-order valence-electron chi connectivity index (χ1n) is 7.99. The molecule has 2 aromatic carbocycles. The number of hydrogen-bond acceptors (Lipinski definition) is 2. The summed E-state index contributed by atoms with van der Waals surface area (Å²) < 4.78 is 27.5. The second-order valence-corrected chi connectivity index (χ2v) is 8.31. The molecule has 0 fully saturated rings. The molecule has 3 nitrogen and oxygen atoms in total. The maximum Gasteiger partial charge on any atom is 0.261 e. The smallest absolute Gasteiger partial charge is 0.261 e. The van der Waals surface area contributed by atoms with E-state index in [9.17, 15) is 8.42 Å². The van der Waals surface area contributed by atoms with E-state index in [0.29, 0.717) is 17.5 Å². The highest BCUT2D eigenvalue weighted by molar-refractivity contribution is 7.92. The molecule has 124 valence electrons. The van der Waals surface area contributed by atoms with Crippen LogP contribution in [0.3, 0.4) is 0 Å². The molecular weight excluding hydrogens is 306 g/mol. The van der Waals surface area contributed by atoms with E-state index in [2.05, 4.69) is 32.4 Å². The number of sulfonamides is 1. The molecule has 0 spiro atoms. The minimum atomic E-state index is -3.54. The van der Waals surface area contributed by atoms with Gasteiger partial charge in [0.25, 0.3) is 10.0 Å². The first-order chi connectivity index (χ1) is 10.8. The maximum atomic E-state index is 12.4. The summed E-state index contributed by atoms with van der Waals surface area (Å²) in [6.07, 6.45) is 0.949. The lowest BCUT2D eigenvalue weighted by molar-refractivity contribution is 0.601. The Bertz CT molecular complexity index is 730. The summed E-state index contributed by atoms with van der Waals surface area (Å²) in [5.74, 6) is 0.976. The van der Waals surface area contributed by atoms with Crippen molar-refractivity contribution in [3.8, 4) is 0 Å². The average Bonchev–Trinajstić information content (AvgIpc) is 2.47. The number of rotatable bonds is 6. The van der Waals surface area contributed by atoms with Crippen LogP contribution in [0.5, 0.6) is 0 Å². The zero-order chi connectivity index (χ0) is 17.0. The van der Waals surface area contributed by atoms with Gasteiger partial charge in [-0.15, -0.1) is 0 Å². The third-order valence-electron chi connectivity index (χ3n) is 3.71. The van der Waals surface area contributed by atoms with Gasteiger partial charge in [0.2, 0.25) is 0 Å². The molecule has 0 unspecified atom stereocenters. The molecule has 0 aromatic heterocycles. The van der Waals surface area contributed by atoms with Crippen LogP contribution in [0.25, 0.3) is 0 Å². The quantitative estimate of drug-likeness (QED) is 0.825. The molecule has 23 heavy (non-hydrogen) atoms. The van der Waals surface area contributed by atoms with Crippen LogP contribution in [0.4, 0.5) is 5.69 Å². The van der Waals surface area contributed by atoms with Gasteiger partial charge in [-0.1, -0.05) is 52.0 Å². The third-order valence-corrected chi connectivity index (χ3v) is 5.10. The number of anilines is 1. The van der Waals surface area contributed by atoms with Crippen LogP contribution in [0.15, 0.2) is 53.4 Å². The summed E-state index contributed by atoms with van der Waals surface area (Å²) in [7, 11) is -3.54.